The first-order valence-corrected chi connectivity index (χ1v) is 8.29. The molecule has 3 atom stereocenters. The zero-order chi connectivity index (χ0) is 14.6. The Labute approximate surface area is 125 Å². The minimum Gasteiger partial charge on any atom is -0.303 e. The number of hydrogen-bond donors (Lipinski definition) is 0. The minimum absolute atomic E-state index is 0.137. The Bertz CT molecular complexity index is 631. The van der Waals surface area contributed by atoms with Crippen LogP contribution in [-0.2, 0) is 23.1 Å². The summed E-state index contributed by atoms with van der Waals surface area (Å²) in [7, 11) is 0. The molecule has 4 rings (SSSR count). The van der Waals surface area contributed by atoms with Crippen LogP contribution >= 0.6 is 0 Å². The van der Waals surface area contributed by atoms with Gasteiger partial charge < -0.3 is 4.79 Å². The summed E-state index contributed by atoms with van der Waals surface area (Å²) in [5.41, 5.74) is 5.32. The predicted molar refractivity (Wildman–Crippen MR) is 81.7 cm³/mol. The van der Waals surface area contributed by atoms with Gasteiger partial charge in [-0.15, -0.1) is 0 Å². The molecular weight excluding hydrogens is 260 g/mol. The molecule has 2 heteroatoms. The van der Waals surface area contributed by atoms with Crippen LogP contribution in [-0.4, -0.2) is 12.1 Å². The van der Waals surface area contributed by atoms with E-state index in [1.54, 1.807) is 0 Å². The largest absolute Gasteiger partial charge is 0.303 e. The zero-order valence-electron chi connectivity index (χ0n) is 12.7. The van der Waals surface area contributed by atoms with Crippen molar-refractivity contribution in [1.29, 1.82) is 0 Å². The Kier molecular flexibility index (Phi) is 2.85. The molecule has 110 valence electrons. The number of hydrogen-bond acceptors (Lipinski definition) is 2. The van der Waals surface area contributed by atoms with Crippen molar-refractivity contribution in [3.8, 4) is 0 Å². The molecule has 0 unspecified atom stereocenters. The summed E-state index contributed by atoms with van der Waals surface area (Å²) in [5, 5.41) is 0. The molecule has 3 aliphatic carbocycles. The lowest BCUT2D eigenvalue weighted by atomic mass is 9.54. The molecule has 0 amide bonds. The van der Waals surface area contributed by atoms with Crippen LogP contribution in [0.2, 0.25) is 0 Å². The van der Waals surface area contributed by atoms with E-state index in [9.17, 15) is 9.59 Å². The van der Waals surface area contributed by atoms with Crippen molar-refractivity contribution in [2.24, 2.45) is 11.8 Å². The van der Waals surface area contributed by atoms with Gasteiger partial charge in [-0.3, -0.25) is 4.79 Å². The van der Waals surface area contributed by atoms with E-state index >= 15 is 0 Å². The van der Waals surface area contributed by atoms with Crippen LogP contribution in [0.15, 0.2) is 12.1 Å². The topological polar surface area (TPSA) is 34.1 Å². The highest BCUT2D eigenvalue weighted by Crippen LogP contribution is 2.53. The number of rotatable bonds is 1. The number of benzene rings is 1. The van der Waals surface area contributed by atoms with Crippen molar-refractivity contribution in [2.45, 2.75) is 57.3 Å². The van der Waals surface area contributed by atoms with Crippen molar-refractivity contribution in [2.75, 3.05) is 0 Å². The van der Waals surface area contributed by atoms with E-state index in [0.717, 1.165) is 37.7 Å². The summed E-state index contributed by atoms with van der Waals surface area (Å²) in [4.78, 5) is 23.4. The van der Waals surface area contributed by atoms with Crippen molar-refractivity contribution >= 4 is 12.1 Å². The van der Waals surface area contributed by atoms with Crippen LogP contribution < -0.4 is 0 Å². The van der Waals surface area contributed by atoms with Crippen molar-refractivity contribution < 1.29 is 9.59 Å². The van der Waals surface area contributed by atoms with Crippen molar-refractivity contribution in [3.05, 3.63) is 34.4 Å². The van der Waals surface area contributed by atoms with Gasteiger partial charge >= 0.3 is 0 Å². The molecule has 0 radical (unpaired) electrons. The predicted octanol–water partition coefficient (Wildman–Crippen LogP) is 3.63. The summed E-state index contributed by atoms with van der Waals surface area (Å²) >= 11 is 0. The number of fused-ring (bicyclic) bond motifs is 5. The molecular formula is C19H22O2. The van der Waals surface area contributed by atoms with Gasteiger partial charge in [-0.05, 0) is 60.1 Å². The van der Waals surface area contributed by atoms with E-state index in [4.69, 9.17) is 0 Å². The second-order valence-corrected chi connectivity index (χ2v) is 7.30. The van der Waals surface area contributed by atoms with Gasteiger partial charge in [-0.25, -0.2) is 0 Å². The second kappa shape index (κ2) is 4.53. The SMILES string of the molecule is C[C@@]12CCC[C@H](C=O)[C@H]1CCc1c2ccc2c1CCC2=O. The van der Waals surface area contributed by atoms with E-state index in [1.807, 2.05) is 0 Å². The smallest absolute Gasteiger partial charge is 0.163 e. The van der Waals surface area contributed by atoms with E-state index in [1.165, 1.54) is 29.4 Å². The van der Waals surface area contributed by atoms with Gasteiger partial charge in [-0.1, -0.05) is 25.5 Å². The Morgan fingerprint density at radius 2 is 2.00 bits per heavy atom. The molecule has 0 N–H and O–H groups in total. The second-order valence-electron chi connectivity index (χ2n) is 7.30. The van der Waals surface area contributed by atoms with Gasteiger partial charge in [-0.2, -0.15) is 0 Å². The first kappa shape index (κ1) is 13.2. The molecule has 0 saturated heterocycles. The maximum Gasteiger partial charge on any atom is 0.163 e. The Hall–Kier alpha value is -1.44. The fraction of sp³-hybridized carbons (Fsp3) is 0.579. The van der Waals surface area contributed by atoms with Gasteiger partial charge in [0, 0.05) is 17.9 Å². The third kappa shape index (κ3) is 1.71. The maximum atomic E-state index is 12.0. The average Bonchev–Trinajstić information content (AvgIpc) is 2.87. The van der Waals surface area contributed by atoms with Crippen LogP contribution in [0.25, 0.3) is 0 Å². The van der Waals surface area contributed by atoms with Crippen LogP contribution in [0.1, 0.15) is 66.1 Å². The minimum atomic E-state index is 0.137. The van der Waals surface area contributed by atoms with Gasteiger partial charge in [0.1, 0.15) is 6.29 Å². The molecule has 3 aliphatic rings. The summed E-state index contributed by atoms with van der Waals surface area (Å²) in [6.45, 7) is 2.36. The van der Waals surface area contributed by atoms with Gasteiger partial charge in [0.25, 0.3) is 0 Å². The third-order valence-corrected chi connectivity index (χ3v) is 6.40. The first-order valence-electron chi connectivity index (χ1n) is 8.29. The summed E-state index contributed by atoms with van der Waals surface area (Å²) in [5.74, 6) is 1.03. The lowest BCUT2D eigenvalue weighted by molar-refractivity contribution is -0.115. The maximum absolute atomic E-state index is 12.0. The molecule has 1 saturated carbocycles. The highest BCUT2D eigenvalue weighted by atomic mass is 16.1. The Balaban J connectivity index is 1.86. The van der Waals surface area contributed by atoms with Gasteiger partial charge in [0.15, 0.2) is 5.78 Å². The van der Waals surface area contributed by atoms with Crippen molar-refractivity contribution in [3.63, 3.8) is 0 Å². The molecule has 1 fully saturated rings. The molecule has 0 aromatic heterocycles. The molecule has 0 aliphatic heterocycles. The third-order valence-electron chi connectivity index (χ3n) is 6.40. The first-order chi connectivity index (χ1) is 10.1. The molecule has 0 bridgehead atoms. The molecule has 21 heavy (non-hydrogen) atoms. The zero-order valence-corrected chi connectivity index (χ0v) is 12.7. The molecule has 1 aromatic rings. The molecule has 0 heterocycles. The van der Waals surface area contributed by atoms with E-state index in [2.05, 4.69) is 19.1 Å². The van der Waals surface area contributed by atoms with E-state index in [0.29, 0.717) is 18.1 Å². The molecule has 1 aromatic carbocycles. The number of carbonyl (C=O) groups excluding carboxylic acids is 2. The standard InChI is InChI=1S/C19H22O2/c1-19-10-2-3-12(11-20)16(19)7-4-14-13-6-9-18(21)15(13)5-8-17(14)19/h5,8,11-12,16H,2-4,6-7,9-10H2,1H3/t12-,16-,19-/m1/s1. The summed E-state index contributed by atoms with van der Waals surface area (Å²) < 4.78 is 0. The van der Waals surface area contributed by atoms with Crippen molar-refractivity contribution in [1.82, 2.24) is 0 Å². The van der Waals surface area contributed by atoms with Gasteiger partial charge in [0.2, 0.25) is 0 Å². The van der Waals surface area contributed by atoms with E-state index < -0.39 is 0 Å². The number of aldehydes is 1. The molecule has 0 spiro atoms. The lowest BCUT2D eigenvalue weighted by Gasteiger charge is -2.49. The number of carbonyl (C=O) groups is 2. The quantitative estimate of drug-likeness (QED) is 0.737. The lowest BCUT2D eigenvalue weighted by Crippen LogP contribution is -2.44. The van der Waals surface area contributed by atoms with Crippen LogP contribution in [0.3, 0.4) is 0 Å². The average molecular weight is 282 g/mol. The highest BCUT2D eigenvalue weighted by Gasteiger charge is 2.47. The van der Waals surface area contributed by atoms with Crippen LogP contribution in [0.5, 0.6) is 0 Å². The van der Waals surface area contributed by atoms with Crippen LogP contribution in [0, 0.1) is 11.8 Å². The summed E-state index contributed by atoms with van der Waals surface area (Å²) in [6.07, 6.45) is 8.35. The normalized spacial score (nSPS) is 34.0. The van der Waals surface area contributed by atoms with Crippen LogP contribution in [0.4, 0.5) is 0 Å². The Morgan fingerprint density at radius 3 is 2.81 bits per heavy atom. The molecule has 2 nitrogen and oxygen atoms in total. The number of ketones is 1. The monoisotopic (exact) mass is 282 g/mol. The van der Waals surface area contributed by atoms with Gasteiger partial charge in [0.05, 0.1) is 0 Å². The fourth-order valence-electron chi connectivity index (χ4n) is 5.33. The Morgan fingerprint density at radius 1 is 1.14 bits per heavy atom. The summed E-state index contributed by atoms with van der Waals surface area (Å²) in [6, 6.07) is 4.26. The van der Waals surface area contributed by atoms with E-state index in [-0.39, 0.29) is 11.3 Å². The fourth-order valence-corrected chi connectivity index (χ4v) is 5.33. The number of Topliss-reactive ketones (excluding diaryl/α,β-unsaturated/α-hetero) is 1. The highest BCUT2D eigenvalue weighted by molar-refractivity contribution is 6.01.